The predicted octanol–water partition coefficient (Wildman–Crippen LogP) is 0.665. The zero-order valence-corrected chi connectivity index (χ0v) is 6.85. The zero-order valence-electron chi connectivity index (χ0n) is 6.85. The van der Waals surface area contributed by atoms with Crippen LogP contribution in [0.4, 0.5) is 0 Å². The first kappa shape index (κ1) is 9.94. The highest BCUT2D eigenvalue weighted by molar-refractivity contribution is 6.01. The molecule has 6 N–H and O–H groups in total. The highest BCUT2D eigenvalue weighted by atomic mass is 14.8. The fourth-order valence-corrected chi connectivity index (χ4v) is 0.887. The van der Waals surface area contributed by atoms with Gasteiger partial charge in [-0.25, -0.2) is 0 Å². The third-order valence-electron chi connectivity index (χ3n) is 1.60. The van der Waals surface area contributed by atoms with E-state index in [1.807, 2.05) is 0 Å². The molecule has 0 atom stereocenters. The summed E-state index contributed by atoms with van der Waals surface area (Å²) in [6.45, 7) is 2.05. The van der Waals surface area contributed by atoms with Gasteiger partial charge < -0.3 is 11.5 Å². The summed E-state index contributed by atoms with van der Waals surface area (Å²) in [7, 11) is 0. The first-order valence-corrected chi connectivity index (χ1v) is 3.77. The topological polar surface area (TPSA) is 99.7 Å². The summed E-state index contributed by atoms with van der Waals surface area (Å²) >= 11 is 0. The summed E-state index contributed by atoms with van der Waals surface area (Å²) in [6.07, 6.45) is 2.72. The normalized spacial score (nSPS) is 12.5. The van der Waals surface area contributed by atoms with Crippen molar-refractivity contribution in [1.29, 1.82) is 10.8 Å². The third kappa shape index (κ3) is 3.60. The molecule has 0 aromatic carbocycles. The molecule has 0 radical (unpaired) electrons. The Labute approximate surface area is 67.0 Å². The summed E-state index contributed by atoms with van der Waals surface area (Å²) in [4.78, 5) is 0. The van der Waals surface area contributed by atoms with Gasteiger partial charge in [0.2, 0.25) is 0 Å². The molecule has 0 saturated heterocycles. The molecule has 0 saturated carbocycles. The maximum absolute atomic E-state index is 7.12. The molecular formula is C7H16N4. The van der Waals surface area contributed by atoms with E-state index in [-0.39, 0.29) is 17.6 Å². The maximum Gasteiger partial charge on any atom is 0.101 e. The zero-order chi connectivity index (χ0) is 8.85. The lowest BCUT2D eigenvalue weighted by Gasteiger charge is -2.12. The summed E-state index contributed by atoms with van der Waals surface area (Å²) in [6, 6.07) is 0. The number of nitrogens with one attached hydrogen (secondary N) is 2. The minimum Gasteiger partial charge on any atom is -0.387 e. The molecule has 4 heteroatoms. The van der Waals surface area contributed by atoms with Crippen LogP contribution in [0, 0.1) is 16.7 Å². The second-order valence-corrected chi connectivity index (χ2v) is 2.61. The van der Waals surface area contributed by atoms with Crippen LogP contribution in [0.15, 0.2) is 0 Å². The molecule has 0 aromatic rings. The van der Waals surface area contributed by atoms with Crippen molar-refractivity contribution in [2.75, 3.05) is 0 Å². The van der Waals surface area contributed by atoms with Crippen molar-refractivity contribution < 1.29 is 0 Å². The molecule has 0 spiro atoms. The Morgan fingerprint density at radius 3 is 2.00 bits per heavy atom. The molecule has 4 nitrogen and oxygen atoms in total. The van der Waals surface area contributed by atoms with Crippen molar-refractivity contribution in [3.8, 4) is 0 Å². The van der Waals surface area contributed by atoms with Gasteiger partial charge in [0, 0.05) is 0 Å². The molecule has 0 aliphatic rings. The molecular weight excluding hydrogens is 140 g/mol. The Morgan fingerprint density at radius 1 is 1.27 bits per heavy atom. The van der Waals surface area contributed by atoms with Gasteiger partial charge in [-0.2, -0.15) is 0 Å². The summed E-state index contributed by atoms with van der Waals surface area (Å²) in [5.74, 6) is -0.327. The number of amidine groups is 2. The first-order valence-electron chi connectivity index (χ1n) is 3.77. The van der Waals surface area contributed by atoms with Crippen molar-refractivity contribution in [3.63, 3.8) is 0 Å². The lowest BCUT2D eigenvalue weighted by Crippen LogP contribution is -2.34. The van der Waals surface area contributed by atoms with Crippen LogP contribution in [0.5, 0.6) is 0 Å². The van der Waals surface area contributed by atoms with E-state index in [0.717, 1.165) is 19.3 Å². The predicted molar refractivity (Wildman–Crippen MR) is 46.8 cm³/mol. The van der Waals surface area contributed by atoms with E-state index >= 15 is 0 Å². The molecule has 11 heavy (non-hydrogen) atoms. The minimum atomic E-state index is -0.338. The maximum atomic E-state index is 7.12. The SMILES string of the molecule is CCCCC(C(=N)N)C(=N)N. The molecule has 0 aliphatic heterocycles. The molecule has 0 aliphatic carbocycles. The number of nitrogens with two attached hydrogens (primary N) is 2. The second-order valence-electron chi connectivity index (χ2n) is 2.61. The van der Waals surface area contributed by atoms with Gasteiger partial charge in [0.1, 0.15) is 11.7 Å². The number of rotatable bonds is 5. The van der Waals surface area contributed by atoms with Crippen LogP contribution in [0.25, 0.3) is 0 Å². The van der Waals surface area contributed by atoms with Gasteiger partial charge in [-0.3, -0.25) is 10.8 Å². The standard InChI is InChI=1S/C7H16N4/c1-2-3-4-5(6(8)9)7(10)11/h5H,2-4H2,1H3,(H3,8,9)(H3,10,11). The summed E-state index contributed by atoms with van der Waals surface area (Å²) in [5.41, 5.74) is 10.5. The highest BCUT2D eigenvalue weighted by Crippen LogP contribution is 2.07. The van der Waals surface area contributed by atoms with E-state index in [1.165, 1.54) is 0 Å². The summed E-state index contributed by atoms with van der Waals surface area (Å²) < 4.78 is 0. The Hall–Kier alpha value is -1.06. The first-order chi connectivity index (χ1) is 5.09. The van der Waals surface area contributed by atoms with Gasteiger partial charge in [-0.15, -0.1) is 0 Å². The molecule has 0 fully saturated rings. The molecule has 64 valence electrons. The average molecular weight is 156 g/mol. The summed E-state index contributed by atoms with van der Waals surface area (Å²) in [5, 5.41) is 14.2. The lowest BCUT2D eigenvalue weighted by molar-refractivity contribution is 0.675. The van der Waals surface area contributed by atoms with Crippen LogP contribution in [-0.4, -0.2) is 11.7 Å². The van der Waals surface area contributed by atoms with Crippen molar-refractivity contribution in [2.45, 2.75) is 26.2 Å². The van der Waals surface area contributed by atoms with E-state index in [1.54, 1.807) is 0 Å². The molecule has 0 rings (SSSR count). The quantitative estimate of drug-likeness (QED) is 0.347. The van der Waals surface area contributed by atoms with Crippen molar-refractivity contribution in [3.05, 3.63) is 0 Å². The Bertz CT molecular complexity index is 139. The fourth-order valence-electron chi connectivity index (χ4n) is 0.887. The third-order valence-corrected chi connectivity index (χ3v) is 1.60. The van der Waals surface area contributed by atoms with E-state index < -0.39 is 0 Å². The van der Waals surface area contributed by atoms with Crippen molar-refractivity contribution >= 4 is 11.7 Å². The van der Waals surface area contributed by atoms with Gasteiger partial charge in [-0.1, -0.05) is 19.8 Å². The smallest absolute Gasteiger partial charge is 0.101 e. The Balaban J connectivity index is 3.90. The highest BCUT2D eigenvalue weighted by Gasteiger charge is 2.13. The molecule has 0 amide bonds. The van der Waals surface area contributed by atoms with Crippen LogP contribution < -0.4 is 11.5 Å². The minimum absolute atomic E-state index is 0.00551. The van der Waals surface area contributed by atoms with Crippen LogP contribution in [-0.2, 0) is 0 Å². The van der Waals surface area contributed by atoms with E-state index in [9.17, 15) is 0 Å². The number of hydrogen-bond acceptors (Lipinski definition) is 2. The fraction of sp³-hybridized carbons (Fsp3) is 0.714. The molecule has 0 bridgehead atoms. The van der Waals surface area contributed by atoms with Crippen molar-refractivity contribution in [1.82, 2.24) is 0 Å². The largest absolute Gasteiger partial charge is 0.387 e. The van der Waals surface area contributed by atoms with Gasteiger partial charge >= 0.3 is 0 Å². The molecule has 0 aromatic heterocycles. The van der Waals surface area contributed by atoms with Crippen LogP contribution >= 0.6 is 0 Å². The van der Waals surface area contributed by atoms with E-state index in [4.69, 9.17) is 22.3 Å². The number of hydrogen-bond donors (Lipinski definition) is 4. The molecule has 0 heterocycles. The second kappa shape index (κ2) is 4.71. The monoisotopic (exact) mass is 156 g/mol. The average Bonchev–Trinajstić information content (AvgIpc) is 1.87. The number of unbranched alkanes of at least 4 members (excludes halogenated alkanes) is 1. The van der Waals surface area contributed by atoms with E-state index in [0.29, 0.717) is 0 Å². The Kier molecular flexibility index (Phi) is 4.26. The van der Waals surface area contributed by atoms with Gasteiger partial charge in [-0.05, 0) is 6.42 Å². The molecule has 0 unspecified atom stereocenters. The van der Waals surface area contributed by atoms with E-state index in [2.05, 4.69) is 6.92 Å². The van der Waals surface area contributed by atoms with Crippen LogP contribution in [0.3, 0.4) is 0 Å². The van der Waals surface area contributed by atoms with Crippen LogP contribution in [0.2, 0.25) is 0 Å². The van der Waals surface area contributed by atoms with Crippen LogP contribution in [0.1, 0.15) is 26.2 Å². The Morgan fingerprint density at radius 2 is 1.73 bits per heavy atom. The van der Waals surface area contributed by atoms with Gasteiger partial charge in [0.05, 0.1) is 5.92 Å². The lowest BCUT2D eigenvalue weighted by atomic mass is 10.0. The van der Waals surface area contributed by atoms with Crippen molar-refractivity contribution in [2.24, 2.45) is 17.4 Å². The van der Waals surface area contributed by atoms with Gasteiger partial charge in [0.25, 0.3) is 0 Å². The van der Waals surface area contributed by atoms with Gasteiger partial charge in [0.15, 0.2) is 0 Å².